The number of nitrogens with two attached hydrogens (primary N) is 1. The van der Waals surface area contributed by atoms with Gasteiger partial charge in [-0.25, -0.2) is 0 Å². The summed E-state index contributed by atoms with van der Waals surface area (Å²) in [7, 11) is 0. The van der Waals surface area contributed by atoms with E-state index in [0.717, 1.165) is 44.9 Å². The summed E-state index contributed by atoms with van der Waals surface area (Å²) in [6.45, 7) is 4.95. The second-order valence-corrected chi connectivity index (χ2v) is 4.97. The molecule has 1 unspecified atom stereocenters. The average molecular weight is 258 g/mol. The van der Waals surface area contributed by atoms with Crippen LogP contribution in [0.25, 0.3) is 0 Å². The number of unbranched alkanes of at least 4 members (excludes halogenated alkanes) is 2. The second kappa shape index (κ2) is 11.5. The maximum atomic E-state index is 11.2. The van der Waals surface area contributed by atoms with Crippen LogP contribution in [0.1, 0.15) is 65.2 Å². The molecule has 0 aromatic carbocycles. The Morgan fingerprint density at radius 1 is 1.11 bits per heavy atom. The predicted octanol–water partition coefficient (Wildman–Crippen LogP) is 2.52. The van der Waals surface area contributed by atoms with Gasteiger partial charge in [0.05, 0.1) is 0 Å². The number of nitrogens with one attached hydrogen (secondary N) is 1. The highest BCUT2D eigenvalue weighted by Gasteiger charge is 2.20. The van der Waals surface area contributed by atoms with Gasteiger partial charge in [0.1, 0.15) is 6.04 Å². The number of carbonyl (C=O) groups is 1. The molecule has 4 nitrogen and oxygen atoms in total. The van der Waals surface area contributed by atoms with Gasteiger partial charge in [-0.2, -0.15) is 0 Å². The molecule has 0 rings (SSSR count). The normalized spacial score (nSPS) is 14.4. The topological polar surface area (TPSA) is 75.3 Å². The van der Waals surface area contributed by atoms with Crippen molar-refractivity contribution in [3.05, 3.63) is 0 Å². The first-order valence-electron chi connectivity index (χ1n) is 7.34. The summed E-state index contributed by atoms with van der Waals surface area (Å²) in [6.07, 6.45) is 8.01. The molecule has 2 atom stereocenters. The van der Waals surface area contributed by atoms with Gasteiger partial charge in [-0.3, -0.25) is 4.79 Å². The Morgan fingerprint density at radius 2 is 1.83 bits per heavy atom. The molecular weight excluding hydrogens is 228 g/mol. The van der Waals surface area contributed by atoms with Crippen molar-refractivity contribution in [1.29, 1.82) is 0 Å². The molecule has 0 aromatic rings. The number of hydrogen-bond donors (Lipinski definition) is 3. The number of rotatable bonds is 12. The molecule has 0 aliphatic carbocycles. The summed E-state index contributed by atoms with van der Waals surface area (Å²) in [5, 5.41) is 12.5. The maximum absolute atomic E-state index is 11.2. The third-order valence-corrected chi connectivity index (χ3v) is 3.23. The van der Waals surface area contributed by atoms with Crippen LogP contribution < -0.4 is 11.1 Å². The van der Waals surface area contributed by atoms with Gasteiger partial charge < -0.3 is 16.2 Å². The Labute approximate surface area is 111 Å². The molecule has 0 amide bonds. The molecule has 0 saturated heterocycles. The van der Waals surface area contributed by atoms with Crippen molar-refractivity contribution in [3.63, 3.8) is 0 Å². The Hall–Kier alpha value is -0.610. The summed E-state index contributed by atoms with van der Waals surface area (Å²) in [6, 6.07) is -0.0705. The highest BCUT2D eigenvalue weighted by molar-refractivity contribution is 5.73. The SMILES string of the molecule is CCCCC(CCC)N[C@@H](CCCCN)C(=O)O. The average Bonchev–Trinajstić information content (AvgIpc) is 2.34. The fraction of sp³-hybridized carbons (Fsp3) is 0.929. The fourth-order valence-corrected chi connectivity index (χ4v) is 2.17. The molecule has 18 heavy (non-hydrogen) atoms. The number of hydrogen-bond acceptors (Lipinski definition) is 3. The molecule has 4 N–H and O–H groups in total. The first-order valence-corrected chi connectivity index (χ1v) is 7.34. The molecule has 0 radical (unpaired) electrons. The van der Waals surface area contributed by atoms with E-state index in [1.54, 1.807) is 0 Å². The Morgan fingerprint density at radius 3 is 2.33 bits per heavy atom. The van der Waals surface area contributed by atoms with Gasteiger partial charge in [0, 0.05) is 6.04 Å². The van der Waals surface area contributed by atoms with Gasteiger partial charge in [0.15, 0.2) is 0 Å². The zero-order chi connectivity index (χ0) is 13.8. The smallest absolute Gasteiger partial charge is 0.320 e. The number of aliphatic carboxylic acids is 1. The second-order valence-electron chi connectivity index (χ2n) is 4.97. The molecule has 0 heterocycles. The van der Waals surface area contributed by atoms with Crippen molar-refractivity contribution in [2.24, 2.45) is 5.73 Å². The van der Waals surface area contributed by atoms with E-state index in [9.17, 15) is 9.90 Å². The first kappa shape index (κ1) is 17.4. The van der Waals surface area contributed by atoms with E-state index in [-0.39, 0.29) is 0 Å². The molecule has 0 spiro atoms. The summed E-state index contributed by atoms with van der Waals surface area (Å²) in [5.41, 5.74) is 5.44. The predicted molar refractivity (Wildman–Crippen MR) is 75.7 cm³/mol. The van der Waals surface area contributed by atoms with E-state index >= 15 is 0 Å². The lowest BCUT2D eigenvalue weighted by Crippen LogP contribution is -2.43. The molecule has 0 aliphatic rings. The summed E-state index contributed by atoms with van der Waals surface area (Å²) in [5.74, 6) is -0.732. The van der Waals surface area contributed by atoms with Crippen molar-refractivity contribution < 1.29 is 9.90 Å². The lowest BCUT2D eigenvalue weighted by atomic mass is 10.0. The molecule has 0 aliphatic heterocycles. The van der Waals surface area contributed by atoms with Crippen molar-refractivity contribution in [2.75, 3.05) is 6.54 Å². The zero-order valence-electron chi connectivity index (χ0n) is 12.0. The first-order chi connectivity index (χ1) is 8.65. The van der Waals surface area contributed by atoms with Gasteiger partial charge in [-0.1, -0.05) is 39.5 Å². The molecule has 0 saturated carbocycles. The number of carboxylic acid groups (broad SMARTS) is 1. The van der Waals surface area contributed by atoms with E-state index in [0.29, 0.717) is 19.0 Å². The van der Waals surface area contributed by atoms with Gasteiger partial charge in [-0.15, -0.1) is 0 Å². The third-order valence-electron chi connectivity index (χ3n) is 3.23. The standard InChI is InChI=1S/C14H30N2O2/c1-3-5-9-12(8-4-2)16-13(14(17)18)10-6-7-11-15/h12-13,16H,3-11,15H2,1-2H3,(H,17,18)/t12?,13-/m0/s1. The third kappa shape index (κ3) is 8.48. The van der Waals surface area contributed by atoms with E-state index < -0.39 is 12.0 Å². The van der Waals surface area contributed by atoms with Crippen molar-refractivity contribution in [3.8, 4) is 0 Å². The van der Waals surface area contributed by atoms with Crippen LogP contribution in [0.3, 0.4) is 0 Å². The van der Waals surface area contributed by atoms with Crippen LogP contribution in [-0.4, -0.2) is 29.7 Å². The van der Waals surface area contributed by atoms with E-state index in [2.05, 4.69) is 19.2 Å². The van der Waals surface area contributed by atoms with E-state index in [1.165, 1.54) is 0 Å². The van der Waals surface area contributed by atoms with Crippen molar-refractivity contribution >= 4 is 5.97 Å². The van der Waals surface area contributed by atoms with Crippen LogP contribution in [0, 0.1) is 0 Å². The summed E-state index contributed by atoms with van der Waals surface area (Å²) in [4.78, 5) is 11.2. The Bertz CT molecular complexity index is 210. The lowest BCUT2D eigenvalue weighted by molar-refractivity contribution is -0.140. The summed E-state index contributed by atoms with van der Waals surface area (Å²) < 4.78 is 0. The Balaban J connectivity index is 4.17. The van der Waals surface area contributed by atoms with E-state index in [4.69, 9.17) is 5.73 Å². The van der Waals surface area contributed by atoms with Gasteiger partial charge >= 0.3 is 5.97 Å². The minimum Gasteiger partial charge on any atom is -0.480 e. The van der Waals surface area contributed by atoms with Gasteiger partial charge in [-0.05, 0) is 32.2 Å². The maximum Gasteiger partial charge on any atom is 0.320 e. The van der Waals surface area contributed by atoms with Crippen molar-refractivity contribution in [2.45, 2.75) is 77.3 Å². The number of carboxylic acids is 1. The zero-order valence-corrected chi connectivity index (χ0v) is 12.0. The van der Waals surface area contributed by atoms with Crippen molar-refractivity contribution in [1.82, 2.24) is 5.32 Å². The van der Waals surface area contributed by atoms with Crippen LogP contribution >= 0.6 is 0 Å². The fourth-order valence-electron chi connectivity index (χ4n) is 2.17. The quantitative estimate of drug-likeness (QED) is 0.470. The van der Waals surface area contributed by atoms with Crippen LogP contribution in [0.5, 0.6) is 0 Å². The van der Waals surface area contributed by atoms with Crippen LogP contribution in [0.15, 0.2) is 0 Å². The Kier molecular flexibility index (Phi) is 11.1. The van der Waals surface area contributed by atoms with E-state index in [1.807, 2.05) is 0 Å². The van der Waals surface area contributed by atoms with Crippen LogP contribution in [0.4, 0.5) is 0 Å². The molecule has 0 aromatic heterocycles. The molecule has 0 bridgehead atoms. The molecule has 108 valence electrons. The summed E-state index contributed by atoms with van der Waals surface area (Å²) >= 11 is 0. The highest BCUT2D eigenvalue weighted by Crippen LogP contribution is 2.10. The van der Waals surface area contributed by atoms with Gasteiger partial charge in [0.2, 0.25) is 0 Å². The molecule has 0 fully saturated rings. The van der Waals surface area contributed by atoms with Crippen LogP contribution in [0.2, 0.25) is 0 Å². The molecule has 4 heteroatoms. The largest absolute Gasteiger partial charge is 0.480 e. The van der Waals surface area contributed by atoms with Gasteiger partial charge in [0.25, 0.3) is 0 Å². The van der Waals surface area contributed by atoms with Crippen LogP contribution in [-0.2, 0) is 4.79 Å². The minimum absolute atomic E-state index is 0.342. The monoisotopic (exact) mass is 258 g/mol. The lowest BCUT2D eigenvalue weighted by Gasteiger charge is -2.23. The highest BCUT2D eigenvalue weighted by atomic mass is 16.4. The minimum atomic E-state index is -0.732. The molecular formula is C14H30N2O2.